The van der Waals surface area contributed by atoms with E-state index in [2.05, 4.69) is 5.32 Å². The fourth-order valence-electron chi connectivity index (χ4n) is 1.19. The molecule has 1 aromatic carbocycles. The second-order valence-corrected chi connectivity index (χ2v) is 3.41. The highest BCUT2D eigenvalue weighted by molar-refractivity contribution is 5.80. The molecule has 1 unspecified atom stereocenters. The Labute approximate surface area is 99.6 Å². The summed E-state index contributed by atoms with van der Waals surface area (Å²) >= 11 is 0. The Morgan fingerprint density at radius 1 is 1.53 bits per heavy atom. The lowest BCUT2D eigenvalue weighted by atomic mass is 10.2. The maximum Gasteiger partial charge on any atom is 0.260 e. The zero-order chi connectivity index (χ0) is 12.7. The van der Waals surface area contributed by atoms with Gasteiger partial charge in [0.2, 0.25) is 0 Å². The van der Waals surface area contributed by atoms with E-state index in [0.29, 0.717) is 11.3 Å². The molecule has 1 atom stereocenters. The SMILES string of the molecule is CC(Oc1ccc(C#N)cc1)C(=O)NCCO. The number of carbonyl (C=O) groups is 1. The van der Waals surface area contributed by atoms with Gasteiger partial charge < -0.3 is 15.2 Å². The van der Waals surface area contributed by atoms with Crippen molar-refractivity contribution in [2.24, 2.45) is 0 Å². The van der Waals surface area contributed by atoms with Crippen LogP contribution in [-0.2, 0) is 4.79 Å². The summed E-state index contributed by atoms with van der Waals surface area (Å²) < 4.78 is 5.37. The topological polar surface area (TPSA) is 82.3 Å². The van der Waals surface area contributed by atoms with Crippen LogP contribution in [0, 0.1) is 11.3 Å². The third-order valence-corrected chi connectivity index (χ3v) is 2.08. The summed E-state index contributed by atoms with van der Waals surface area (Å²) in [4.78, 5) is 11.4. The number of nitrogens with zero attached hydrogens (tertiary/aromatic N) is 1. The number of nitriles is 1. The molecule has 0 radical (unpaired) electrons. The van der Waals surface area contributed by atoms with E-state index in [1.807, 2.05) is 6.07 Å². The lowest BCUT2D eigenvalue weighted by Gasteiger charge is -2.14. The summed E-state index contributed by atoms with van der Waals surface area (Å²) in [5, 5.41) is 19.7. The van der Waals surface area contributed by atoms with Gasteiger partial charge in [-0.15, -0.1) is 0 Å². The fraction of sp³-hybridized carbons (Fsp3) is 0.333. The summed E-state index contributed by atoms with van der Waals surface area (Å²) in [7, 11) is 0. The number of hydrogen-bond donors (Lipinski definition) is 2. The normalized spacial score (nSPS) is 11.4. The molecule has 90 valence electrons. The minimum atomic E-state index is -0.644. The van der Waals surface area contributed by atoms with Crippen molar-refractivity contribution >= 4 is 5.91 Å². The Morgan fingerprint density at radius 2 is 2.18 bits per heavy atom. The van der Waals surface area contributed by atoms with Crippen molar-refractivity contribution in [3.05, 3.63) is 29.8 Å². The van der Waals surface area contributed by atoms with Gasteiger partial charge in [-0.2, -0.15) is 5.26 Å². The summed E-state index contributed by atoms with van der Waals surface area (Å²) in [6, 6.07) is 8.50. The van der Waals surface area contributed by atoms with Gasteiger partial charge in [0, 0.05) is 6.54 Å². The first kappa shape index (κ1) is 13.0. The number of benzene rings is 1. The van der Waals surface area contributed by atoms with Crippen LogP contribution in [0.1, 0.15) is 12.5 Å². The van der Waals surface area contributed by atoms with E-state index in [0.717, 1.165) is 0 Å². The first-order chi connectivity index (χ1) is 8.17. The van der Waals surface area contributed by atoms with Gasteiger partial charge in [-0.3, -0.25) is 4.79 Å². The molecule has 0 aliphatic heterocycles. The molecule has 0 aliphatic carbocycles. The molecular formula is C12H14N2O3. The number of aliphatic hydroxyl groups excluding tert-OH is 1. The monoisotopic (exact) mass is 234 g/mol. The first-order valence-electron chi connectivity index (χ1n) is 5.22. The van der Waals surface area contributed by atoms with Gasteiger partial charge in [-0.1, -0.05) is 0 Å². The smallest absolute Gasteiger partial charge is 0.260 e. The number of amides is 1. The molecule has 0 spiro atoms. The number of ether oxygens (including phenoxy) is 1. The minimum Gasteiger partial charge on any atom is -0.481 e. The third-order valence-electron chi connectivity index (χ3n) is 2.08. The van der Waals surface area contributed by atoms with Crippen LogP contribution in [0.4, 0.5) is 0 Å². The Kier molecular flexibility index (Phi) is 4.98. The average Bonchev–Trinajstić information content (AvgIpc) is 2.36. The molecule has 1 amide bonds. The van der Waals surface area contributed by atoms with Crippen molar-refractivity contribution in [3.8, 4) is 11.8 Å². The van der Waals surface area contributed by atoms with Crippen LogP contribution in [0.2, 0.25) is 0 Å². The second-order valence-electron chi connectivity index (χ2n) is 3.41. The van der Waals surface area contributed by atoms with Gasteiger partial charge in [0.25, 0.3) is 5.91 Å². The molecular weight excluding hydrogens is 220 g/mol. The van der Waals surface area contributed by atoms with Crippen LogP contribution in [-0.4, -0.2) is 30.3 Å². The third kappa shape index (κ3) is 4.13. The van der Waals surface area contributed by atoms with Crippen molar-refractivity contribution < 1.29 is 14.6 Å². The molecule has 0 saturated carbocycles. The van der Waals surface area contributed by atoms with Gasteiger partial charge >= 0.3 is 0 Å². The van der Waals surface area contributed by atoms with Gasteiger partial charge in [-0.25, -0.2) is 0 Å². The molecule has 0 aliphatic rings. The predicted molar refractivity (Wildman–Crippen MR) is 61.3 cm³/mol. The average molecular weight is 234 g/mol. The number of nitrogens with one attached hydrogen (secondary N) is 1. The van der Waals surface area contributed by atoms with Crippen molar-refractivity contribution in [3.63, 3.8) is 0 Å². The number of rotatable bonds is 5. The van der Waals surface area contributed by atoms with Crippen LogP contribution < -0.4 is 10.1 Å². The molecule has 2 N–H and O–H groups in total. The first-order valence-corrected chi connectivity index (χ1v) is 5.22. The fourth-order valence-corrected chi connectivity index (χ4v) is 1.19. The largest absolute Gasteiger partial charge is 0.481 e. The molecule has 5 heteroatoms. The van der Waals surface area contributed by atoms with Crippen LogP contribution in [0.25, 0.3) is 0 Å². The highest BCUT2D eigenvalue weighted by Crippen LogP contribution is 2.13. The van der Waals surface area contributed by atoms with Crippen molar-refractivity contribution in [1.29, 1.82) is 5.26 Å². The number of carbonyl (C=O) groups excluding carboxylic acids is 1. The number of aliphatic hydroxyl groups is 1. The van der Waals surface area contributed by atoms with E-state index in [9.17, 15) is 4.79 Å². The second kappa shape index (κ2) is 6.51. The minimum absolute atomic E-state index is 0.102. The quantitative estimate of drug-likeness (QED) is 0.774. The van der Waals surface area contributed by atoms with E-state index >= 15 is 0 Å². The maximum absolute atomic E-state index is 11.4. The van der Waals surface area contributed by atoms with Gasteiger partial charge in [-0.05, 0) is 31.2 Å². The summed E-state index contributed by atoms with van der Waals surface area (Å²) in [6.07, 6.45) is -0.644. The standard InChI is InChI=1S/C12H14N2O3/c1-9(12(16)14-6-7-15)17-11-4-2-10(8-13)3-5-11/h2-5,9,15H,6-7H2,1H3,(H,14,16). The Bertz CT molecular complexity index is 409. The summed E-state index contributed by atoms with van der Waals surface area (Å²) in [5.41, 5.74) is 0.537. The molecule has 0 aromatic heterocycles. The molecule has 0 bridgehead atoms. The predicted octanol–water partition coefficient (Wildman–Crippen LogP) is 0.434. The Hall–Kier alpha value is -2.06. The van der Waals surface area contributed by atoms with Crippen LogP contribution in [0.15, 0.2) is 24.3 Å². The molecule has 1 rings (SSSR count). The van der Waals surface area contributed by atoms with Crippen LogP contribution >= 0.6 is 0 Å². The molecule has 0 heterocycles. The zero-order valence-corrected chi connectivity index (χ0v) is 9.51. The molecule has 0 saturated heterocycles. The highest BCUT2D eigenvalue weighted by atomic mass is 16.5. The molecule has 17 heavy (non-hydrogen) atoms. The highest BCUT2D eigenvalue weighted by Gasteiger charge is 2.13. The Morgan fingerprint density at radius 3 is 2.71 bits per heavy atom. The van der Waals surface area contributed by atoms with Crippen molar-refractivity contribution in [1.82, 2.24) is 5.32 Å². The van der Waals surface area contributed by atoms with Crippen LogP contribution in [0.3, 0.4) is 0 Å². The van der Waals surface area contributed by atoms with E-state index < -0.39 is 6.10 Å². The van der Waals surface area contributed by atoms with E-state index in [1.54, 1.807) is 31.2 Å². The summed E-state index contributed by atoms with van der Waals surface area (Å²) in [5.74, 6) is 0.235. The molecule has 5 nitrogen and oxygen atoms in total. The van der Waals surface area contributed by atoms with Crippen molar-refractivity contribution in [2.75, 3.05) is 13.2 Å². The Balaban J connectivity index is 2.52. The van der Waals surface area contributed by atoms with Crippen molar-refractivity contribution in [2.45, 2.75) is 13.0 Å². The molecule has 0 fully saturated rings. The van der Waals surface area contributed by atoms with E-state index in [1.165, 1.54) is 0 Å². The lowest BCUT2D eigenvalue weighted by Crippen LogP contribution is -2.37. The number of hydrogen-bond acceptors (Lipinski definition) is 4. The van der Waals surface area contributed by atoms with Gasteiger partial charge in [0.1, 0.15) is 5.75 Å². The van der Waals surface area contributed by atoms with Crippen LogP contribution in [0.5, 0.6) is 5.75 Å². The lowest BCUT2D eigenvalue weighted by molar-refractivity contribution is -0.127. The van der Waals surface area contributed by atoms with Gasteiger partial charge in [0.15, 0.2) is 6.10 Å². The zero-order valence-electron chi connectivity index (χ0n) is 9.51. The maximum atomic E-state index is 11.4. The van der Waals surface area contributed by atoms with E-state index in [4.69, 9.17) is 15.1 Å². The van der Waals surface area contributed by atoms with E-state index in [-0.39, 0.29) is 19.1 Å². The van der Waals surface area contributed by atoms with Gasteiger partial charge in [0.05, 0.1) is 18.2 Å². The summed E-state index contributed by atoms with van der Waals surface area (Å²) in [6.45, 7) is 1.72. The molecule has 1 aromatic rings.